The molecule has 104 valence electrons. The maximum atomic E-state index is 10.9. The van der Waals surface area contributed by atoms with E-state index in [1.54, 1.807) is 6.07 Å². The molecule has 0 unspecified atom stereocenters. The zero-order chi connectivity index (χ0) is 13.9. The molecule has 0 saturated carbocycles. The van der Waals surface area contributed by atoms with E-state index in [2.05, 4.69) is 29.2 Å². The molecule has 4 nitrogen and oxygen atoms in total. The van der Waals surface area contributed by atoms with Gasteiger partial charge < -0.3 is 9.52 Å². The molecule has 1 aliphatic rings. The number of nitrogens with zero attached hydrogens (tertiary/aromatic N) is 1. The van der Waals surface area contributed by atoms with Crippen LogP contribution in [0.2, 0.25) is 0 Å². The van der Waals surface area contributed by atoms with E-state index in [0.29, 0.717) is 12.3 Å². The van der Waals surface area contributed by atoms with E-state index in [9.17, 15) is 4.79 Å². The summed E-state index contributed by atoms with van der Waals surface area (Å²) in [4.78, 5) is 13.2. The molecule has 0 spiro atoms. The molecule has 1 N–H and O–H groups in total. The largest absolute Gasteiger partial charge is 0.478 e. The average molecular weight is 271 g/mol. The monoisotopic (exact) mass is 271 g/mol. The number of rotatable bonds is 3. The summed E-state index contributed by atoms with van der Waals surface area (Å²) in [5.41, 5.74) is 2.99. The molecule has 2 heterocycles. The van der Waals surface area contributed by atoms with Gasteiger partial charge in [0.25, 0.3) is 0 Å². The third-order valence-electron chi connectivity index (χ3n) is 3.71. The fraction of sp³-hybridized carbons (Fsp3) is 0.312. The second-order valence-electron chi connectivity index (χ2n) is 5.19. The van der Waals surface area contributed by atoms with Gasteiger partial charge in [-0.25, -0.2) is 4.79 Å². The summed E-state index contributed by atoms with van der Waals surface area (Å²) in [6, 6.07) is 10.1. The number of hydrogen-bond donors (Lipinski definition) is 1. The summed E-state index contributed by atoms with van der Waals surface area (Å²) in [7, 11) is 0. The third-order valence-corrected chi connectivity index (χ3v) is 3.71. The van der Waals surface area contributed by atoms with Crippen LogP contribution in [0.1, 0.15) is 33.7 Å². The quantitative estimate of drug-likeness (QED) is 0.932. The van der Waals surface area contributed by atoms with Gasteiger partial charge in [0.05, 0.1) is 12.1 Å². The van der Waals surface area contributed by atoms with Crippen LogP contribution in [-0.2, 0) is 19.5 Å². The number of carbonyl (C=O) groups is 1. The van der Waals surface area contributed by atoms with E-state index in [1.165, 1.54) is 17.4 Å². The van der Waals surface area contributed by atoms with Crippen molar-refractivity contribution >= 4 is 5.97 Å². The highest BCUT2D eigenvalue weighted by Gasteiger charge is 2.16. The minimum Gasteiger partial charge on any atom is -0.478 e. The van der Waals surface area contributed by atoms with E-state index in [1.807, 2.05) is 0 Å². The van der Waals surface area contributed by atoms with Gasteiger partial charge in [0.2, 0.25) is 0 Å². The lowest BCUT2D eigenvalue weighted by Gasteiger charge is -2.18. The van der Waals surface area contributed by atoms with Crippen molar-refractivity contribution in [2.24, 2.45) is 0 Å². The van der Waals surface area contributed by atoms with Crippen molar-refractivity contribution in [3.63, 3.8) is 0 Å². The Hall–Kier alpha value is -2.07. The van der Waals surface area contributed by atoms with Gasteiger partial charge in [-0.15, -0.1) is 0 Å². The van der Waals surface area contributed by atoms with Crippen LogP contribution in [0, 0.1) is 0 Å². The van der Waals surface area contributed by atoms with E-state index >= 15 is 0 Å². The van der Waals surface area contributed by atoms with Gasteiger partial charge in [0, 0.05) is 6.54 Å². The first-order valence-corrected chi connectivity index (χ1v) is 6.82. The first-order chi connectivity index (χ1) is 9.72. The van der Waals surface area contributed by atoms with E-state index < -0.39 is 5.97 Å². The maximum absolute atomic E-state index is 10.9. The Balaban J connectivity index is 1.73. The zero-order valence-corrected chi connectivity index (χ0v) is 11.2. The molecule has 0 radical (unpaired) electrons. The highest BCUT2D eigenvalue weighted by molar-refractivity contribution is 5.87. The summed E-state index contributed by atoms with van der Waals surface area (Å²) in [6.07, 6.45) is 3.53. The first kappa shape index (κ1) is 12.9. The minimum atomic E-state index is -0.943. The molecule has 0 fully saturated rings. The van der Waals surface area contributed by atoms with Crippen molar-refractivity contribution in [3.8, 4) is 0 Å². The Kier molecular flexibility index (Phi) is 3.56. The molecule has 1 aromatic carbocycles. The van der Waals surface area contributed by atoms with Crippen molar-refractivity contribution < 1.29 is 14.3 Å². The third kappa shape index (κ3) is 2.75. The molecular formula is C16H17NO3. The molecular weight excluding hydrogens is 254 g/mol. The Labute approximate surface area is 117 Å². The van der Waals surface area contributed by atoms with Crippen molar-refractivity contribution in [2.45, 2.75) is 25.9 Å². The summed E-state index contributed by atoms with van der Waals surface area (Å²) in [5.74, 6) is -0.233. The first-order valence-electron chi connectivity index (χ1n) is 6.82. The molecule has 20 heavy (non-hydrogen) atoms. The Morgan fingerprint density at radius 3 is 2.85 bits per heavy atom. The normalized spacial score (nSPS) is 15.6. The molecule has 4 heteroatoms. The van der Waals surface area contributed by atoms with Crippen LogP contribution in [-0.4, -0.2) is 22.5 Å². The van der Waals surface area contributed by atoms with Gasteiger partial charge in [-0.05, 0) is 36.6 Å². The second kappa shape index (κ2) is 5.51. The Morgan fingerprint density at radius 1 is 1.30 bits per heavy atom. The highest BCUT2D eigenvalue weighted by atomic mass is 16.4. The highest BCUT2D eigenvalue weighted by Crippen LogP contribution is 2.20. The number of aryl methyl sites for hydroxylation is 1. The van der Waals surface area contributed by atoms with Gasteiger partial charge in [-0.2, -0.15) is 0 Å². The Morgan fingerprint density at radius 2 is 2.10 bits per heavy atom. The predicted octanol–water partition coefficient (Wildman–Crippen LogP) is 2.93. The van der Waals surface area contributed by atoms with E-state index in [-0.39, 0.29) is 5.56 Å². The van der Waals surface area contributed by atoms with Gasteiger partial charge in [-0.1, -0.05) is 24.3 Å². The van der Waals surface area contributed by atoms with Crippen LogP contribution >= 0.6 is 0 Å². The van der Waals surface area contributed by atoms with Gasteiger partial charge in [0.15, 0.2) is 0 Å². The molecule has 0 bridgehead atoms. The lowest BCUT2D eigenvalue weighted by molar-refractivity contribution is 0.0696. The standard InChI is InChI=1S/C16H17NO3/c18-16(19)14-8-15(20-11-14)10-17-7-3-6-12-4-1-2-5-13(12)9-17/h1-2,4-5,8,11H,3,6-7,9-10H2,(H,18,19). The molecule has 1 aromatic heterocycles. The number of carboxylic acid groups (broad SMARTS) is 1. The van der Waals surface area contributed by atoms with Crippen molar-refractivity contribution in [2.75, 3.05) is 6.54 Å². The Bertz CT molecular complexity index is 618. The molecule has 0 amide bonds. The van der Waals surface area contributed by atoms with Crippen LogP contribution in [0.3, 0.4) is 0 Å². The van der Waals surface area contributed by atoms with Crippen molar-refractivity contribution in [1.82, 2.24) is 4.90 Å². The van der Waals surface area contributed by atoms with Gasteiger partial charge >= 0.3 is 5.97 Å². The molecule has 0 saturated heterocycles. The van der Waals surface area contributed by atoms with Crippen molar-refractivity contribution in [1.29, 1.82) is 0 Å². The molecule has 0 aliphatic carbocycles. The second-order valence-corrected chi connectivity index (χ2v) is 5.19. The maximum Gasteiger partial charge on any atom is 0.338 e. The predicted molar refractivity (Wildman–Crippen MR) is 74.5 cm³/mol. The molecule has 2 aromatic rings. The summed E-state index contributed by atoms with van der Waals surface area (Å²) < 4.78 is 5.33. The molecule has 3 rings (SSSR count). The SMILES string of the molecule is O=C(O)c1coc(CN2CCCc3ccccc3C2)c1. The number of hydrogen-bond acceptors (Lipinski definition) is 3. The number of fused-ring (bicyclic) bond motifs is 1. The van der Waals surface area contributed by atoms with E-state index in [0.717, 1.165) is 25.9 Å². The minimum absolute atomic E-state index is 0.218. The summed E-state index contributed by atoms with van der Waals surface area (Å²) >= 11 is 0. The fourth-order valence-electron chi connectivity index (χ4n) is 2.70. The lowest BCUT2D eigenvalue weighted by atomic mass is 10.0. The number of aromatic carboxylic acids is 1. The van der Waals surface area contributed by atoms with Crippen LogP contribution in [0.4, 0.5) is 0 Å². The zero-order valence-electron chi connectivity index (χ0n) is 11.2. The van der Waals surface area contributed by atoms with Crippen LogP contribution in [0.25, 0.3) is 0 Å². The lowest BCUT2D eigenvalue weighted by Crippen LogP contribution is -2.22. The number of benzene rings is 1. The number of furan rings is 1. The van der Waals surface area contributed by atoms with E-state index in [4.69, 9.17) is 9.52 Å². The average Bonchev–Trinajstić information content (AvgIpc) is 2.80. The van der Waals surface area contributed by atoms with Gasteiger partial charge in [-0.3, -0.25) is 4.90 Å². The van der Waals surface area contributed by atoms with Crippen LogP contribution in [0.15, 0.2) is 41.0 Å². The topological polar surface area (TPSA) is 53.7 Å². The van der Waals surface area contributed by atoms with Gasteiger partial charge in [0.1, 0.15) is 12.0 Å². The number of carboxylic acids is 1. The summed E-state index contributed by atoms with van der Waals surface area (Å²) in [5, 5.41) is 8.91. The van der Waals surface area contributed by atoms with Crippen LogP contribution in [0.5, 0.6) is 0 Å². The fourth-order valence-corrected chi connectivity index (χ4v) is 2.70. The van der Waals surface area contributed by atoms with Crippen LogP contribution < -0.4 is 0 Å². The molecule has 1 aliphatic heterocycles. The summed E-state index contributed by atoms with van der Waals surface area (Å²) in [6.45, 7) is 2.54. The van der Waals surface area contributed by atoms with Crippen molar-refractivity contribution in [3.05, 3.63) is 59.0 Å². The smallest absolute Gasteiger partial charge is 0.338 e. The molecule has 0 atom stereocenters.